The van der Waals surface area contributed by atoms with E-state index in [1.807, 2.05) is 17.0 Å². The number of nitrogens with one attached hydrogen (secondary N) is 1. The van der Waals surface area contributed by atoms with E-state index in [4.69, 9.17) is 4.74 Å². The molecule has 108 valence electrons. The lowest BCUT2D eigenvalue weighted by molar-refractivity contribution is 0.121. The minimum absolute atomic E-state index is 0.652. The molecule has 0 aromatic carbocycles. The van der Waals surface area contributed by atoms with Crippen LogP contribution in [0.5, 0.6) is 0 Å². The molecule has 0 radical (unpaired) electrons. The smallest absolute Gasteiger partial charge is 0.0964 e. The number of ether oxygens (including phenoxy) is 1. The Morgan fingerprint density at radius 2 is 2.32 bits per heavy atom. The second-order valence-electron chi connectivity index (χ2n) is 5.04. The SMILES string of the molecule is C=CCCCOCCn1cc(CNCC(C)C)nn1. The predicted molar refractivity (Wildman–Crippen MR) is 76.8 cm³/mol. The van der Waals surface area contributed by atoms with Crippen molar-refractivity contribution in [1.82, 2.24) is 20.3 Å². The fourth-order valence-electron chi connectivity index (χ4n) is 1.61. The Morgan fingerprint density at radius 3 is 3.05 bits per heavy atom. The zero-order chi connectivity index (χ0) is 13.9. The van der Waals surface area contributed by atoms with Gasteiger partial charge in [-0.15, -0.1) is 11.7 Å². The molecule has 0 amide bonds. The fraction of sp³-hybridized carbons (Fsp3) is 0.714. The summed E-state index contributed by atoms with van der Waals surface area (Å²) < 4.78 is 7.34. The lowest BCUT2D eigenvalue weighted by Crippen LogP contribution is -2.19. The van der Waals surface area contributed by atoms with Crippen LogP contribution in [0.2, 0.25) is 0 Å². The second-order valence-corrected chi connectivity index (χ2v) is 5.04. The van der Waals surface area contributed by atoms with Gasteiger partial charge in [-0.3, -0.25) is 0 Å². The van der Waals surface area contributed by atoms with Gasteiger partial charge in [0.2, 0.25) is 0 Å². The van der Waals surface area contributed by atoms with Gasteiger partial charge in [0, 0.05) is 19.3 Å². The van der Waals surface area contributed by atoms with Crippen molar-refractivity contribution in [2.45, 2.75) is 39.8 Å². The molecule has 0 bridgehead atoms. The van der Waals surface area contributed by atoms with Gasteiger partial charge in [-0.25, -0.2) is 4.68 Å². The number of rotatable bonds is 11. The van der Waals surface area contributed by atoms with Crippen molar-refractivity contribution in [2.24, 2.45) is 5.92 Å². The monoisotopic (exact) mass is 266 g/mol. The fourth-order valence-corrected chi connectivity index (χ4v) is 1.61. The van der Waals surface area contributed by atoms with Gasteiger partial charge in [-0.05, 0) is 25.3 Å². The van der Waals surface area contributed by atoms with Crippen LogP contribution in [-0.2, 0) is 17.8 Å². The molecule has 0 fully saturated rings. The van der Waals surface area contributed by atoms with Crippen LogP contribution >= 0.6 is 0 Å². The first-order chi connectivity index (χ1) is 9.22. The molecule has 5 heteroatoms. The highest BCUT2D eigenvalue weighted by molar-refractivity contribution is 4.91. The lowest BCUT2D eigenvalue weighted by atomic mass is 10.2. The molecule has 0 unspecified atom stereocenters. The topological polar surface area (TPSA) is 52.0 Å². The first-order valence-corrected chi connectivity index (χ1v) is 7.00. The highest BCUT2D eigenvalue weighted by atomic mass is 16.5. The summed E-state index contributed by atoms with van der Waals surface area (Å²) in [5, 5.41) is 11.5. The van der Waals surface area contributed by atoms with Crippen molar-refractivity contribution in [3.8, 4) is 0 Å². The minimum Gasteiger partial charge on any atom is -0.380 e. The van der Waals surface area contributed by atoms with E-state index in [2.05, 4.69) is 36.1 Å². The highest BCUT2D eigenvalue weighted by Gasteiger charge is 2.01. The van der Waals surface area contributed by atoms with Gasteiger partial charge in [0.1, 0.15) is 0 Å². The van der Waals surface area contributed by atoms with Crippen molar-refractivity contribution < 1.29 is 4.74 Å². The molecule has 1 N–H and O–H groups in total. The van der Waals surface area contributed by atoms with Crippen molar-refractivity contribution in [2.75, 3.05) is 19.8 Å². The Balaban J connectivity index is 2.11. The number of hydrogen-bond acceptors (Lipinski definition) is 4. The zero-order valence-electron chi connectivity index (χ0n) is 12.1. The van der Waals surface area contributed by atoms with E-state index in [1.165, 1.54) is 0 Å². The maximum atomic E-state index is 5.51. The first-order valence-electron chi connectivity index (χ1n) is 7.00. The average molecular weight is 266 g/mol. The lowest BCUT2D eigenvalue weighted by Gasteiger charge is -2.04. The van der Waals surface area contributed by atoms with Gasteiger partial charge in [0.15, 0.2) is 0 Å². The highest BCUT2D eigenvalue weighted by Crippen LogP contribution is 1.95. The summed E-state index contributed by atoms with van der Waals surface area (Å²) in [4.78, 5) is 0. The van der Waals surface area contributed by atoms with Crippen LogP contribution in [-0.4, -0.2) is 34.8 Å². The van der Waals surface area contributed by atoms with Gasteiger partial charge in [0.05, 0.1) is 18.8 Å². The molecule has 0 aliphatic carbocycles. The Hall–Kier alpha value is -1.20. The summed E-state index contributed by atoms with van der Waals surface area (Å²) in [5.74, 6) is 0.652. The minimum atomic E-state index is 0.652. The molecule has 19 heavy (non-hydrogen) atoms. The molecule has 0 aliphatic rings. The van der Waals surface area contributed by atoms with E-state index in [1.54, 1.807) is 0 Å². The van der Waals surface area contributed by atoms with E-state index in [0.717, 1.165) is 44.8 Å². The van der Waals surface area contributed by atoms with Crippen LogP contribution in [0.3, 0.4) is 0 Å². The van der Waals surface area contributed by atoms with Crippen LogP contribution in [0.15, 0.2) is 18.9 Å². The van der Waals surface area contributed by atoms with Crippen LogP contribution in [0, 0.1) is 5.92 Å². The normalized spacial score (nSPS) is 11.1. The van der Waals surface area contributed by atoms with Gasteiger partial charge in [0.25, 0.3) is 0 Å². The summed E-state index contributed by atoms with van der Waals surface area (Å²) in [6.45, 7) is 12.0. The maximum absolute atomic E-state index is 5.51. The third-order valence-corrected chi connectivity index (χ3v) is 2.61. The third kappa shape index (κ3) is 7.74. The van der Waals surface area contributed by atoms with E-state index in [9.17, 15) is 0 Å². The first kappa shape index (κ1) is 15.9. The van der Waals surface area contributed by atoms with Crippen LogP contribution in [0.25, 0.3) is 0 Å². The van der Waals surface area contributed by atoms with Gasteiger partial charge >= 0.3 is 0 Å². The van der Waals surface area contributed by atoms with E-state index >= 15 is 0 Å². The number of allylic oxidation sites excluding steroid dienone is 1. The maximum Gasteiger partial charge on any atom is 0.0964 e. The van der Waals surface area contributed by atoms with Crippen molar-refractivity contribution in [1.29, 1.82) is 0 Å². The molecular formula is C14H26N4O. The number of unbranched alkanes of at least 4 members (excludes halogenated alkanes) is 1. The van der Waals surface area contributed by atoms with Gasteiger partial charge in [-0.1, -0.05) is 25.1 Å². The van der Waals surface area contributed by atoms with Crippen LogP contribution < -0.4 is 5.32 Å². The Bertz CT molecular complexity index is 349. The Morgan fingerprint density at radius 1 is 1.47 bits per heavy atom. The van der Waals surface area contributed by atoms with Crippen LogP contribution in [0.1, 0.15) is 32.4 Å². The van der Waals surface area contributed by atoms with E-state index in [-0.39, 0.29) is 0 Å². The molecular weight excluding hydrogens is 240 g/mol. The van der Waals surface area contributed by atoms with E-state index in [0.29, 0.717) is 12.5 Å². The van der Waals surface area contributed by atoms with Crippen molar-refractivity contribution in [3.05, 3.63) is 24.5 Å². The Labute approximate surface area is 116 Å². The predicted octanol–water partition coefficient (Wildman–Crippen LogP) is 2.01. The number of hydrogen-bond donors (Lipinski definition) is 1. The summed E-state index contributed by atoms with van der Waals surface area (Å²) in [7, 11) is 0. The average Bonchev–Trinajstić information content (AvgIpc) is 2.81. The molecule has 0 spiro atoms. The summed E-state index contributed by atoms with van der Waals surface area (Å²) in [6.07, 6.45) is 5.93. The summed E-state index contributed by atoms with van der Waals surface area (Å²) >= 11 is 0. The molecule has 0 aliphatic heterocycles. The molecule has 0 saturated carbocycles. The molecule has 1 heterocycles. The summed E-state index contributed by atoms with van der Waals surface area (Å²) in [5.41, 5.74) is 0.979. The van der Waals surface area contributed by atoms with E-state index < -0.39 is 0 Å². The molecule has 0 atom stereocenters. The van der Waals surface area contributed by atoms with Crippen LogP contribution in [0.4, 0.5) is 0 Å². The number of nitrogens with zero attached hydrogens (tertiary/aromatic N) is 3. The quantitative estimate of drug-likeness (QED) is 0.492. The Kier molecular flexibility index (Phi) is 8.09. The molecule has 0 saturated heterocycles. The zero-order valence-corrected chi connectivity index (χ0v) is 12.1. The molecule has 5 nitrogen and oxygen atoms in total. The van der Waals surface area contributed by atoms with Crippen molar-refractivity contribution >= 4 is 0 Å². The van der Waals surface area contributed by atoms with Gasteiger partial charge in [-0.2, -0.15) is 0 Å². The second kappa shape index (κ2) is 9.69. The molecule has 1 aromatic heterocycles. The van der Waals surface area contributed by atoms with Gasteiger partial charge < -0.3 is 10.1 Å². The summed E-state index contributed by atoms with van der Waals surface area (Å²) in [6, 6.07) is 0. The number of aromatic nitrogens is 3. The molecule has 1 aromatic rings. The van der Waals surface area contributed by atoms with Crippen molar-refractivity contribution in [3.63, 3.8) is 0 Å². The largest absolute Gasteiger partial charge is 0.380 e. The standard InChI is InChI=1S/C14H26N4O/c1-4-5-6-8-19-9-7-18-12-14(16-17-18)11-15-10-13(2)3/h4,12-13,15H,1,5-11H2,2-3H3. The molecule has 1 rings (SSSR count). The third-order valence-electron chi connectivity index (χ3n) is 2.61.